The zero-order valence-electron chi connectivity index (χ0n) is 19.7. The number of carbonyl (C=O) groups excluding carboxylic acids is 4. The number of hydrogen-bond acceptors (Lipinski definition) is 6. The fourth-order valence-corrected chi connectivity index (χ4v) is 5.60. The fourth-order valence-electron chi connectivity index (χ4n) is 4.28. The van der Waals surface area contributed by atoms with Crippen LogP contribution in [-0.2, 0) is 4.74 Å². The number of thiophene rings is 1. The molecule has 37 heavy (non-hydrogen) atoms. The molecule has 1 N–H and O–H groups in total. The quantitative estimate of drug-likeness (QED) is 0.222. The van der Waals surface area contributed by atoms with Crippen molar-refractivity contribution >= 4 is 61.6 Å². The lowest BCUT2D eigenvalue weighted by Gasteiger charge is -2.15. The van der Waals surface area contributed by atoms with Crippen molar-refractivity contribution in [1.82, 2.24) is 0 Å². The van der Waals surface area contributed by atoms with Gasteiger partial charge in [-0.05, 0) is 55.0 Å². The van der Waals surface area contributed by atoms with Gasteiger partial charge in [0.15, 0.2) is 0 Å². The van der Waals surface area contributed by atoms with E-state index in [2.05, 4.69) is 21.2 Å². The van der Waals surface area contributed by atoms with Crippen LogP contribution in [0, 0.1) is 6.92 Å². The summed E-state index contributed by atoms with van der Waals surface area (Å²) >= 11 is 4.68. The summed E-state index contributed by atoms with van der Waals surface area (Å²) < 4.78 is 5.93. The number of nitrogens with one attached hydrogen (secondary N) is 1. The van der Waals surface area contributed by atoms with E-state index in [1.165, 1.54) is 24.5 Å². The third-order valence-electron chi connectivity index (χ3n) is 5.99. The molecule has 1 aromatic heterocycles. The van der Waals surface area contributed by atoms with Crippen molar-refractivity contribution in [3.05, 3.63) is 104 Å². The average molecular weight is 575 g/mol. The van der Waals surface area contributed by atoms with Crippen LogP contribution in [0.4, 0.5) is 10.7 Å². The van der Waals surface area contributed by atoms with Gasteiger partial charge in [-0.25, -0.2) is 9.69 Å². The largest absolute Gasteiger partial charge is 0.465 e. The third-order valence-corrected chi connectivity index (χ3v) is 7.54. The highest BCUT2D eigenvalue weighted by atomic mass is 79.9. The van der Waals surface area contributed by atoms with Gasteiger partial charge in [0.2, 0.25) is 0 Å². The number of anilines is 2. The van der Waals surface area contributed by atoms with Crippen molar-refractivity contribution in [3.8, 4) is 11.1 Å². The molecule has 5 rings (SSSR count). The summed E-state index contributed by atoms with van der Waals surface area (Å²) in [5, 5.41) is 3.17. The van der Waals surface area contributed by atoms with Crippen LogP contribution in [0.3, 0.4) is 0 Å². The fraction of sp³-hybridized carbons (Fsp3) is 0.0714. The number of benzene rings is 3. The first-order chi connectivity index (χ1) is 17.8. The minimum Gasteiger partial charge on any atom is -0.465 e. The summed E-state index contributed by atoms with van der Waals surface area (Å²) in [6, 6.07) is 20.3. The minimum absolute atomic E-state index is 0.223. The number of carbonyl (C=O) groups is 4. The predicted molar refractivity (Wildman–Crippen MR) is 146 cm³/mol. The molecule has 0 spiro atoms. The number of ether oxygens (including phenoxy) is 1. The van der Waals surface area contributed by atoms with Crippen molar-refractivity contribution in [2.75, 3.05) is 17.3 Å². The maximum Gasteiger partial charge on any atom is 0.341 e. The Bertz CT molecular complexity index is 1560. The van der Waals surface area contributed by atoms with Gasteiger partial charge >= 0.3 is 5.97 Å². The number of amides is 3. The van der Waals surface area contributed by atoms with Gasteiger partial charge in [-0.3, -0.25) is 14.4 Å². The molecule has 0 fully saturated rings. The van der Waals surface area contributed by atoms with Gasteiger partial charge in [-0.1, -0.05) is 46.3 Å². The predicted octanol–water partition coefficient (Wildman–Crippen LogP) is 6.33. The monoisotopic (exact) mass is 574 g/mol. The minimum atomic E-state index is -0.572. The van der Waals surface area contributed by atoms with Crippen molar-refractivity contribution in [2.24, 2.45) is 0 Å². The Hall–Kier alpha value is -4.08. The van der Waals surface area contributed by atoms with Crippen LogP contribution in [-0.4, -0.2) is 30.8 Å². The third kappa shape index (κ3) is 4.36. The van der Waals surface area contributed by atoms with Crippen LogP contribution < -0.4 is 10.2 Å². The number of fused-ring (bicyclic) bond motifs is 1. The Morgan fingerprint density at radius 1 is 0.919 bits per heavy atom. The molecular formula is C28H19BrN2O5S. The van der Waals surface area contributed by atoms with Crippen LogP contribution in [0.1, 0.15) is 46.3 Å². The van der Waals surface area contributed by atoms with Crippen molar-refractivity contribution < 1.29 is 23.9 Å². The molecule has 184 valence electrons. The van der Waals surface area contributed by atoms with E-state index in [9.17, 15) is 19.2 Å². The van der Waals surface area contributed by atoms with Gasteiger partial charge in [-0.15, -0.1) is 11.3 Å². The molecule has 0 radical (unpaired) electrons. The molecule has 0 atom stereocenters. The summed E-state index contributed by atoms with van der Waals surface area (Å²) in [7, 11) is 1.29. The van der Waals surface area contributed by atoms with Gasteiger partial charge in [0, 0.05) is 20.5 Å². The smallest absolute Gasteiger partial charge is 0.341 e. The zero-order chi connectivity index (χ0) is 26.3. The molecule has 4 aromatic rings. The van der Waals surface area contributed by atoms with E-state index in [1.807, 2.05) is 31.2 Å². The maximum atomic E-state index is 13.3. The van der Waals surface area contributed by atoms with Crippen LogP contribution in [0.15, 0.2) is 77.3 Å². The second kappa shape index (κ2) is 9.76. The van der Waals surface area contributed by atoms with E-state index in [4.69, 9.17) is 4.74 Å². The summed E-state index contributed by atoms with van der Waals surface area (Å²) in [5.41, 5.74) is 2.90. The van der Waals surface area contributed by atoms with Gasteiger partial charge in [-0.2, -0.15) is 0 Å². The van der Waals surface area contributed by atoms with Crippen LogP contribution in [0.25, 0.3) is 11.1 Å². The van der Waals surface area contributed by atoms with Crippen molar-refractivity contribution in [2.45, 2.75) is 6.92 Å². The molecule has 0 bridgehead atoms. The van der Waals surface area contributed by atoms with Gasteiger partial charge in [0.1, 0.15) is 10.6 Å². The van der Waals surface area contributed by atoms with Crippen LogP contribution in [0.5, 0.6) is 0 Å². The van der Waals surface area contributed by atoms with E-state index in [1.54, 1.807) is 42.5 Å². The molecule has 0 unspecified atom stereocenters. The molecule has 3 aromatic carbocycles. The molecule has 0 saturated carbocycles. The number of imide groups is 1. The lowest BCUT2D eigenvalue weighted by atomic mass is 10.0. The van der Waals surface area contributed by atoms with Crippen LogP contribution in [0.2, 0.25) is 0 Å². The molecule has 7 nitrogen and oxygen atoms in total. The number of nitrogens with zero attached hydrogens (tertiary/aromatic N) is 1. The molecule has 1 aliphatic rings. The molecule has 3 amide bonds. The Labute approximate surface area is 224 Å². The summed E-state index contributed by atoms with van der Waals surface area (Å²) in [5.74, 6) is -1.96. The molecule has 0 aliphatic carbocycles. The standard InChI is InChI=1S/C28H19BrN2O5S/c1-15-22(16-10-12-18(29)13-11-16)23(28(35)36-2)25(37-15)30-24(32)17-6-5-7-19(14-17)31-26(33)20-8-3-4-9-21(20)27(31)34/h3-14H,1-2H3,(H,30,32). The highest BCUT2D eigenvalue weighted by Crippen LogP contribution is 2.41. The number of halogens is 1. The summed E-state index contributed by atoms with van der Waals surface area (Å²) in [4.78, 5) is 53.7. The highest BCUT2D eigenvalue weighted by Gasteiger charge is 2.36. The van der Waals surface area contributed by atoms with Gasteiger partial charge < -0.3 is 10.1 Å². The number of rotatable bonds is 5. The van der Waals surface area contributed by atoms with E-state index < -0.39 is 23.7 Å². The molecule has 1 aliphatic heterocycles. The SMILES string of the molecule is COC(=O)c1c(NC(=O)c2cccc(N3C(=O)c4ccccc4C3=O)c2)sc(C)c1-c1ccc(Br)cc1. The van der Waals surface area contributed by atoms with Crippen molar-refractivity contribution in [1.29, 1.82) is 0 Å². The van der Waals surface area contributed by atoms with Crippen LogP contribution >= 0.6 is 27.3 Å². The Morgan fingerprint density at radius 2 is 1.57 bits per heavy atom. The summed E-state index contributed by atoms with van der Waals surface area (Å²) in [6.45, 7) is 1.87. The van der Waals surface area contributed by atoms with Gasteiger partial charge in [0.05, 0.1) is 23.9 Å². The molecule has 0 saturated heterocycles. The Morgan fingerprint density at radius 3 is 2.19 bits per heavy atom. The van der Waals surface area contributed by atoms with E-state index in [0.717, 1.165) is 19.8 Å². The number of methoxy groups -OCH3 is 1. The molecular weight excluding hydrogens is 556 g/mol. The molecule has 2 heterocycles. The normalized spacial score (nSPS) is 12.5. The second-order valence-corrected chi connectivity index (χ2v) is 10.4. The first kappa shape index (κ1) is 24.6. The molecule has 9 heteroatoms. The summed E-state index contributed by atoms with van der Waals surface area (Å²) in [6.07, 6.45) is 0. The Balaban J connectivity index is 1.48. The second-order valence-electron chi connectivity index (χ2n) is 8.23. The van der Waals surface area contributed by atoms with E-state index >= 15 is 0 Å². The topological polar surface area (TPSA) is 92.8 Å². The first-order valence-corrected chi connectivity index (χ1v) is 12.8. The lowest BCUT2D eigenvalue weighted by Crippen LogP contribution is -2.29. The van der Waals surface area contributed by atoms with Crippen molar-refractivity contribution in [3.63, 3.8) is 0 Å². The number of esters is 1. The number of aryl methyl sites for hydroxylation is 1. The maximum absolute atomic E-state index is 13.3. The average Bonchev–Trinajstić information content (AvgIpc) is 3.36. The number of hydrogen-bond donors (Lipinski definition) is 1. The Kier molecular flexibility index (Phi) is 6.49. The lowest BCUT2D eigenvalue weighted by molar-refractivity contribution is 0.0603. The zero-order valence-corrected chi connectivity index (χ0v) is 22.1. The highest BCUT2D eigenvalue weighted by molar-refractivity contribution is 9.10. The first-order valence-electron chi connectivity index (χ1n) is 11.2. The van der Waals surface area contributed by atoms with Gasteiger partial charge in [0.25, 0.3) is 17.7 Å². The van der Waals surface area contributed by atoms with E-state index in [-0.39, 0.29) is 16.8 Å². The van der Waals surface area contributed by atoms with E-state index in [0.29, 0.717) is 21.7 Å².